The molecule has 0 fully saturated rings. The Kier molecular flexibility index (Phi) is 5.32. The first kappa shape index (κ1) is 15.0. The number of hydrogen-bond acceptors (Lipinski definition) is 5. The minimum absolute atomic E-state index is 0.00152. The first-order valence-corrected chi connectivity index (χ1v) is 7.12. The van der Waals surface area contributed by atoms with Crippen molar-refractivity contribution in [3.8, 4) is 17.6 Å². The summed E-state index contributed by atoms with van der Waals surface area (Å²) in [6, 6.07) is 7.97. The third kappa shape index (κ3) is 4.31. The number of nitro groups is 1. The van der Waals surface area contributed by atoms with Crippen LogP contribution in [0.3, 0.4) is 0 Å². The van der Waals surface area contributed by atoms with Crippen LogP contribution in [0.25, 0.3) is 0 Å². The van der Waals surface area contributed by atoms with Crippen molar-refractivity contribution < 1.29 is 14.8 Å². The van der Waals surface area contributed by atoms with Crippen molar-refractivity contribution >= 4 is 17.0 Å². The van der Waals surface area contributed by atoms with Gasteiger partial charge in [-0.1, -0.05) is 17.9 Å². The van der Waals surface area contributed by atoms with Gasteiger partial charge >= 0.3 is 0 Å². The molecule has 2 rings (SSSR count). The van der Waals surface area contributed by atoms with E-state index < -0.39 is 4.92 Å². The summed E-state index contributed by atoms with van der Waals surface area (Å²) < 4.78 is 5.58. The molecular weight excluding hydrogens is 290 g/mol. The fourth-order valence-electron chi connectivity index (χ4n) is 1.61. The zero-order valence-corrected chi connectivity index (χ0v) is 11.9. The van der Waals surface area contributed by atoms with Crippen LogP contribution in [0.5, 0.6) is 5.75 Å². The van der Waals surface area contributed by atoms with E-state index in [1.54, 1.807) is 12.1 Å². The predicted octanol–water partition coefficient (Wildman–Crippen LogP) is 2.97. The lowest BCUT2D eigenvalue weighted by Gasteiger charge is -2.04. The molecule has 0 saturated heterocycles. The quantitative estimate of drug-likeness (QED) is 0.523. The normalized spacial score (nSPS) is 9.76. The molecule has 1 heterocycles. The van der Waals surface area contributed by atoms with Crippen molar-refractivity contribution in [2.75, 3.05) is 6.61 Å². The van der Waals surface area contributed by atoms with Crippen molar-refractivity contribution in [3.05, 3.63) is 56.3 Å². The van der Waals surface area contributed by atoms with Gasteiger partial charge in [0.2, 0.25) is 0 Å². The fourth-order valence-corrected chi connectivity index (χ4v) is 2.35. The topological polar surface area (TPSA) is 72.6 Å². The molecule has 0 bridgehead atoms. The molecule has 0 unspecified atom stereocenters. The lowest BCUT2D eigenvalue weighted by Crippen LogP contribution is -1.96. The molecule has 0 aliphatic heterocycles. The molecule has 0 amide bonds. The molecule has 1 N–H and O–H groups in total. The molecule has 21 heavy (non-hydrogen) atoms. The second-order valence-electron chi connectivity index (χ2n) is 4.08. The number of aliphatic hydroxyl groups is 1. The molecule has 0 radical (unpaired) electrons. The van der Waals surface area contributed by atoms with Crippen molar-refractivity contribution in [1.29, 1.82) is 0 Å². The third-order valence-electron chi connectivity index (χ3n) is 2.60. The average molecular weight is 303 g/mol. The number of aliphatic hydroxyl groups excluding tert-OH is 1. The molecule has 0 spiro atoms. The maximum Gasteiger partial charge on any atom is 0.273 e. The van der Waals surface area contributed by atoms with E-state index in [1.165, 1.54) is 23.5 Å². The van der Waals surface area contributed by atoms with E-state index in [0.717, 1.165) is 10.4 Å². The van der Waals surface area contributed by atoms with Gasteiger partial charge in [0.15, 0.2) is 0 Å². The van der Waals surface area contributed by atoms with Crippen molar-refractivity contribution in [3.63, 3.8) is 0 Å². The largest absolute Gasteiger partial charge is 0.488 e. The summed E-state index contributed by atoms with van der Waals surface area (Å²) >= 11 is 1.51. The summed E-state index contributed by atoms with van der Waals surface area (Å²) in [7, 11) is 0. The van der Waals surface area contributed by atoms with E-state index in [-0.39, 0.29) is 12.3 Å². The Labute approximate surface area is 126 Å². The Morgan fingerprint density at radius 2 is 2.24 bits per heavy atom. The highest BCUT2D eigenvalue weighted by Gasteiger charge is 2.08. The number of nitro benzene ring substituents is 1. The van der Waals surface area contributed by atoms with Gasteiger partial charge in [-0.3, -0.25) is 10.1 Å². The molecular formula is C15H13NO4S. The van der Waals surface area contributed by atoms with E-state index in [2.05, 4.69) is 11.8 Å². The second-order valence-corrected chi connectivity index (χ2v) is 5.08. The van der Waals surface area contributed by atoms with E-state index in [1.807, 2.05) is 11.4 Å². The Hall–Kier alpha value is -2.36. The van der Waals surface area contributed by atoms with Crippen LogP contribution in [0.2, 0.25) is 0 Å². The highest BCUT2D eigenvalue weighted by molar-refractivity contribution is 7.10. The van der Waals surface area contributed by atoms with Crippen LogP contribution < -0.4 is 4.74 Å². The van der Waals surface area contributed by atoms with Gasteiger partial charge in [0.25, 0.3) is 5.69 Å². The van der Waals surface area contributed by atoms with Gasteiger partial charge in [-0.05, 0) is 17.5 Å². The molecule has 108 valence electrons. The van der Waals surface area contributed by atoms with Crippen LogP contribution in [0, 0.1) is 22.0 Å². The minimum Gasteiger partial charge on any atom is -0.488 e. The van der Waals surface area contributed by atoms with E-state index in [9.17, 15) is 10.1 Å². The summed E-state index contributed by atoms with van der Waals surface area (Å²) in [5.74, 6) is 6.28. The number of non-ortho nitro benzene ring substituents is 1. The molecule has 5 nitrogen and oxygen atoms in total. The van der Waals surface area contributed by atoms with Gasteiger partial charge in [0, 0.05) is 18.1 Å². The summed E-state index contributed by atoms with van der Waals surface area (Å²) in [6.07, 6.45) is 0.432. The third-order valence-corrected chi connectivity index (χ3v) is 3.50. The van der Waals surface area contributed by atoms with Crippen molar-refractivity contribution in [1.82, 2.24) is 0 Å². The number of ether oxygens (including phenoxy) is 1. The lowest BCUT2D eigenvalue weighted by atomic mass is 10.2. The molecule has 0 aliphatic rings. The SMILES string of the molecule is O=[N+]([O-])c1cccc(OCc2sccc2C#CCCO)c1. The highest BCUT2D eigenvalue weighted by atomic mass is 32.1. The van der Waals surface area contributed by atoms with Crippen LogP contribution in [0.4, 0.5) is 5.69 Å². The van der Waals surface area contributed by atoms with Crippen LogP contribution >= 0.6 is 11.3 Å². The number of rotatable bonds is 5. The molecule has 0 aliphatic carbocycles. The van der Waals surface area contributed by atoms with Gasteiger partial charge in [-0.2, -0.15) is 0 Å². The summed E-state index contributed by atoms with van der Waals surface area (Å²) in [6.45, 7) is 0.346. The summed E-state index contributed by atoms with van der Waals surface area (Å²) in [4.78, 5) is 11.2. The summed E-state index contributed by atoms with van der Waals surface area (Å²) in [5, 5.41) is 21.3. The van der Waals surface area contributed by atoms with Crippen LogP contribution in [-0.4, -0.2) is 16.6 Å². The molecule has 2 aromatic rings. The van der Waals surface area contributed by atoms with Crippen LogP contribution in [0.1, 0.15) is 16.9 Å². The number of benzene rings is 1. The highest BCUT2D eigenvalue weighted by Crippen LogP contribution is 2.22. The van der Waals surface area contributed by atoms with Crippen molar-refractivity contribution in [2.45, 2.75) is 13.0 Å². The Morgan fingerprint density at radius 3 is 3.00 bits per heavy atom. The number of nitrogens with zero attached hydrogens (tertiary/aromatic N) is 1. The smallest absolute Gasteiger partial charge is 0.273 e. The molecule has 6 heteroatoms. The monoisotopic (exact) mass is 303 g/mol. The van der Waals surface area contributed by atoms with Gasteiger partial charge in [-0.25, -0.2) is 0 Å². The van der Waals surface area contributed by atoms with E-state index in [4.69, 9.17) is 9.84 Å². The maximum atomic E-state index is 10.7. The fraction of sp³-hybridized carbons (Fsp3) is 0.200. The Balaban J connectivity index is 2.04. The molecule has 1 aromatic heterocycles. The van der Waals surface area contributed by atoms with Gasteiger partial charge < -0.3 is 9.84 Å². The van der Waals surface area contributed by atoms with Gasteiger partial charge in [0.05, 0.1) is 22.5 Å². The minimum atomic E-state index is -0.455. The zero-order valence-electron chi connectivity index (χ0n) is 11.1. The molecule has 0 atom stereocenters. The maximum absolute atomic E-state index is 10.7. The number of thiophene rings is 1. The van der Waals surface area contributed by atoms with Gasteiger partial charge in [0.1, 0.15) is 12.4 Å². The van der Waals surface area contributed by atoms with Crippen LogP contribution in [-0.2, 0) is 6.61 Å². The van der Waals surface area contributed by atoms with Gasteiger partial charge in [-0.15, -0.1) is 11.3 Å². The predicted molar refractivity (Wildman–Crippen MR) is 80.3 cm³/mol. The first-order chi connectivity index (χ1) is 10.2. The van der Waals surface area contributed by atoms with E-state index in [0.29, 0.717) is 18.8 Å². The lowest BCUT2D eigenvalue weighted by molar-refractivity contribution is -0.384. The van der Waals surface area contributed by atoms with Crippen LogP contribution in [0.15, 0.2) is 35.7 Å². The number of hydrogen-bond donors (Lipinski definition) is 1. The molecule has 0 saturated carbocycles. The second kappa shape index (κ2) is 7.43. The Morgan fingerprint density at radius 1 is 1.38 bits per heavy atom. The average Bonchev–Trinajstić information content (AvgIpc) is 2.93. The Bertz CT molecular complexity index is 684. The standard InChI is InChI=1S/C15H13NO4S/c17-8-2-1-4-12-7-9-21-15(12)11-20-14-6-3-5-13(10-14)16(18)19/h3,5-7,9-10,17H,2,8,11H2. The molecule has 1 aromatic carbocycles. The van der Waals surface area contributed by atoms with E-state index >= 15 is 0 Å². The first-order valence-electron chi connectivity index (χ1n) is 6.24. The zero-order chi connectivity index (χ0) is 15.1. The summed E-state index contributed by atoms with van der Waals surface area (Å²) in [5.41, 5.74) is 0.862. The van der Waals surface area contributed by atoms with Crippen molar-refractivity contribution in [2.24, 2.45) is 0 Å².